The molecule has 2 aromatic heterocycles. The van der Waals surface area contributed by atoms with Gasteiger partial charge in [0.2, 0.25) is 0 Å². The molecule has 0 radical (unpaired) electrons. The molecule has 0 spiro atoms. The largest absolute Gasteiger partial charge is 0.305 e. The van der Waals surface area contributed by atoms with Crippen molar-refractivity contribution in [1.29, 1.82) is 0 Å². The van der Waals surface area contributed by atoms with E-state index in [0.29, 0.717) is 28.5 Å². The van der Waals surface area contributed by atoms with Crippen LogP contribution in [-0.2, 0) is 12.0 Å². The molecule has 7 rings (SSSR count). The molecule has 7 heteroatoms. The van der Waals surface area contributed by atoms with Crippen molar-refractivity contribution in [2.75, 3.05) is 5.32 Å². The first-order valence-electron chi connectivity index (χ1n) is 11.7. The molecule has 0 unspecified atom stereocenters. The predicted octanol–water partition coefficient (Wildman–Crippen LogP) is 4.90. The molecule has 4 aliphatic rings. The number of aromatic nitrogens is 3. The van der Waals surface area contributed by atoms with Crippen LogP contribution in [0.25, 0.3) is 11.0 Å². The maximum absolute atomic E-state index is 13.0. The van der Waals surface area contributed by atoms with Crippen molar-refractivity contribution in [3.63, 3.8) is 0 Å². The van der Waals surface area contributed by atoms with Crippen molar-refractivity contribution in [2.24, 2.45) is 17.8 Å². The van der Waals surface area contributed by atoms with Crippen LogP contribution in [0.2, 0.25) is 0 Å². The molecule has 3 aromatic rings. The fourth-order valence-electron chi connectivity index (χ4n) is 7.00. The van der Waals surface area contributed by atoms with Gasteiger partial charge in [-0.15, -0.1) is 11.3 Å². The minimum atomic E-state index is -0.188. The number of rotatable bonds is 4. The number of anilines is 1. The molecule has 0 aliphatic heterocycles. The molecule has 4 saturated carbocycles. The summed E-state index contributed by atoms with van der Waals surface area (Å²) in [6.07, 6.45) is 8.04. The van der Waals surface area contributed by atoms with E-state index in [9.17, 15) is 9.59 Å². The van der Waals surface area contributed by atoms with E-state index in [4.69, 9.17) is 4.98 Å². The molecular weight excluding hydrogens is 420 g/mol. The average molecular weight is 449 g/mol. The molecular formula is C25H28N4O2S. The Morgan fingerprint density at radius 2 is 1.84 bits per heavy atom. The fourth-order valence-corrected chi connectivity index (χ4v) is 7.83. The Bertz CT molecular complexity index is 1260. The highest BCUT2D eigenvalue weighted by atomic mass is 32.1. The summed E-state index contributed by atoms with van der Waals surface area (Å²) < 4.78 is 1.69. The number of carbonyl (C=O) groups is 1. The normalized spacial score (nSPS) is 28.4. The second kappa shape index (κ2) is 7.24. The van der Waals surface area contributed by atoms with Crippen LogP contribution < -0.4 is 10.9 Å². The Labute approximate surface area is 191 Å². The first-order valence-corrected chi connectivity index (χ1v) is 12.6. The Morgan fingerprint density at radius 1 is 1.16 bits per heavy atom. The summed E-state index contributed by atoms with van der Waals surface area (Å²) in [5.74, 6) is 2.42. The van der Waals surface area contributed by atoms with Crippen LogP contribution in [0.5, 0.6) is 0 Å². The number of nitrogens with zero attached hydrogens (tertiary/aromatic N) is 3. The summed E-state index contributed by atoms with van der Waals surface area (Å²) in [5, 5.41) is 5.85. The third-order valence-corrected chi connectivity index (χ3v) is 8.75. The van der Waals surface area contributed by atoms with Gasteiger partial charge in [-0.25, -0.2) is 9.97 Å². The molecule has 166 valence electrons. The number of hydrogen-bond donors (Lipinski definition) is 1. The second-order valence-corrected chi connectivity index (χ2v) is 11.0. The van der Waals surface area contributed by atoms with Gasteiger partial charge in [0.25, 0.3) is 11.5 Å². The Morgan fingerprint density at radius 3 is 2.50 bits per heavy atom. The standard InChI is InChI=1S/C25H28N4O2S/c1-3-29-20-5-4-18(9-19(20)26-14(2)23(29)31)22(30)28-24-27-21(13-32-24)25-10-15-6-16(11-25)8-17(7-15)12-25/h4-5,9,13,15-17H,3,6-8,10-12H2,1-2H3,(H,27,28,30). The SMILES string of the molecule is CCn1c(=O)c(C)nc2cc(C(=O)Nc3nc(C45CC6CC(CC(C6)C4)C5)cs3)ccc21. The van der Waals surface area contributed by atoms with Gasteiger partial charge in [0.05, 0.1) is 16.7 Å². The van der Waals surface area contributed by atoms with E-state index < -0.39 is 0 Å². The summed E-state index contributed by atoms with van der Waals surface area (Å²) >= 11 is 1.53. The van der Waals surface area contributed by atoms with Crippen LogP contribution in [-0.4, -0.2) is 20.4 Å². The summed E-state index contributed by atoms with van der Waals surface area (Å²) in [6, 6.07) is 5.33. The van der Waals surface area contributed by atoms with E-state index in [-0.39, 0.29) is 16.9 Å². The minimum absolute atomic E-state index is 0.0859. The predicted molar refractivity (Wildman–Crippen MR) is 126 cm³/mol. The van der Waals surface area contributed by atoms with Gasteiger partial charge < -0.3 is 4.57 Å². The highest BCUT2D eigenvalue weighted by Crippen LogP contribution is 2.60. The first kappa shape index (κ1) is 20.1. The molecule has 1 amide bonds. The lowest BCUT2D eigenvalue weighted by molar-refractivity contribution is -0.00688. The highest BCUT2D eigenvalue weighted by Gasteiger charge is 2.52. The fraction of sp³-hybridized carbons (Fsp3) is 0.520. The number of amides is 1. The number of fused-ring (bicyclic) bond motifs is 1. The van der Waals surface area contributed by atoms with Crippen molar-refractivity contribution >= 4 is 33.4 Å². The summed E-state index contributed by atoms with van der Waals surface area (Å²) in [6.45, 7) is 4.21. The molecule has 2 heterocycles. The number of carbonyl (C=O) groups excluding carboxylic acids is 1. The van der Waals surface area contributed by atoms with Gasteiger partial charge in [-0.3, -0.25) is 14.9 Å². The molecule has 4 bridgehead atoms. The average Bonchev–Trinajstić information content (AvgIpc) is 3.23. The third kappa shape index (κ3) is 3.12. The van der Waals surface area contributed by atoms with Gasteiger partial charge in [0.15, 0.2) is 5.13 Å². The van der Waals surface area contributed by atoms with E-state index in [1.165, 1.54) is 55.6 Å². The number of benzene rings is 1. The van der Waals surface area contributed by atoms with Crippen LogP contribution in [0, 0.1) is 24.7 Å². The van der Waals surface area contributed by atoms with Crippen molar-refractivity contribution in [3.8, 4) is 0 Å². The van der Waals surface area contributed by atoms with Gasteiger partial charge in [0, 0.05) is 22.9 Å². The van der Waals surface area contributed by atoms with E-state index in [1.807, 2.05) is 13.0 Å². The second-order valence-electron chi connectivity index (χ2n) is 10.1. The van der Waals surface area contributed by atoms with Crippen LogP contribution in [0.1, 0.15) is 67.2 Å². The Kier molecular flexibility index (Phi) is 4.54. The lowest BCUT2D eigenvalue weighted by Gasteiger charge is -2.56. The van der Waals surface area contributed by atoms with E-state index in [2.05, 4.69) is 15.7 Å². The molecule has 4 fully saturated rings. The van der Waals surface area contributed by atoms with E-state index in [1.54, 1.807) is 23.6 Å². The molecule has 1 N–H and O–H groups in total. The van der Waals surface area contributed by atoms with Crippen LogP contribution in [0.15, 0.2) is 28.4 Å². The van der Waals surface area contributed by atoms with Crippen molar-refractivity contribution in [2.45, 2.75) is 64.3 Å². The zero-order valence-electron chi connectivity index (χ0n) is 18.6. The molecule has 4 aliphatic carbocycles. The smallest absolute Gasteiger partial charge is 0.272 e. The van der Waals surface area contributed by atoms with Gasteiger partial charge in [-0.2, -0.15) is 0 Å². The zero-order chi connectivity index (χ0) is 22.0. The van der Waals surface area contributed by atoms with Gasteiger partial charge in [-0.1, -0.05) is 0 Å². The molecule has 6 nitrogen and oxygen atoms in total. The lowest BCUT2D eigenvalue weighted by Crippen LogP contribution is -2.48. The zero-order valence-corrected chi connectivity index (χ0v) is 19.4. The van der Waals surface area contributed by atoms with Gasteiger partial charge in [0.1, 0.15) is 5.69 Å². The van der Waals surface area contributed by atoms with E-state index >= 15 is 0 Å². The summed E-state index contributed by atoms with van der Waals surface area (Å²) in [7, 11) is 0. The number of thiazole rings is 1. The van der Waals surface area contributed by atoms with Crippen molar-refractivity contribution in [1.82, 2.24) is 14.5 Å². The maximum atomic E-state index is 13.0. The van der Waals surface area contributed by atoms with Crippen molar-refractivity contribution in [3.05, 3.63) is 50.9 Å². The Hall–Kier alpha value is -2.54. The molecule has 0 saturated heterocycles. The third-order valence-electron chi connectivity index (χ3n) is 7.99. The van der Waals surface area contributed by atoms with Crippen LogP contribution in [0.3, 0.4) is 0 Å². The molecule has 0 atom stereocenters. The van der Waals surface area contributed by atoms with Gasteiger partial charge >= 0.3 is 0 Å². The number of nitrogens with one attached hydrogen (secondary N) is 1. The summed E-state index contributed by atoms with van der Waals surface area (Å²) in [5.41, 5.74) is 3.72. The van der Waals surface area contributed by atoms with Crippen molar-refractivity contribution < 1.29 is 4.79 Å². The molecule has 1 aromatic carbocycles. The first-order chi connectivity index (χ1) is 15.4. The van der Waals surface area contributed by atoms with Crippen LogP contribution in [0.4, 0.5) is 5.13 Å². The Balaban J connectivity index is 1.25. The topological polar surface area (TPSA) is 76.9 Å². The summed E-state index contributed by atoms with van der Waals surface area (Å²) in [4.78, 5) is 34.6. The highest BCUT2D eigenvalue weighted by molar-refractivity contribution is 7.14. The quantitative estimate of drug-likeness (QED) is 0.616. The van der Waals surface area contributed by atoms with Gasteiger partial charge in [-0.05, 0) is 88.3 Å². The lowest BCUT2D eigenvalue weighted by atomic mass is 9.49. The van der Waals surface area contributed by atoms with Crippen LogP contribution >= 0.6 is 11.3 Å². The monoisotopic (exact) mass is 448 g/mol. The van der Waals surface area contributed by atoms with E-state index in [0.717, 1.165) is 23.3 Å². The molecule has 32 heavy (non-hydrogen) atoms. The number of aryl methyl sites for hydroxylation is 2. The number of hydrogen-bond acceptors (Lipinski definition) is 5. The minimum Gasteiger partial charge on any atom is -0.305 e. The maximum Gasteiger partial charge on any atom is 0.272 e.